The zero-order chi connectivity index (χ0) is 18.4. The molecular formula is C22H26FN3. The molecule has 26 heavy (non-hydrogen) atoms. The molecule has 2 fully saturated rings. The number of nitriles is 1. The molecule has 4 rings (SSSR count). The molecule has 3 N–H and O–H groups in total. The van der Waals surface area contributed by atoms with Crippen LogP contribution in [0, 0.1) is 29.0 Å². The Morgan fingerprint density at radius 3 is 2.38 bits per heavy atom. The number of hydrogen-bond acceptors (Lipinski definition) is 3. The number of nitrogens with two attached hydrogens (primary N) is 1. The van der Waals surface area contributed by atoms with E-state index >= 15 is 0 Å². The summed E-state index contributed by atoms with van der Waals surface area (Å²) in [5.41, 5.74) is 8.58. The monoisotopic (exact) mass is 351 g/mol. The van der Waals surface area contributed by atoms with Crippen molar-refractivity contribution in [1.82, 2.24) is 0 Å². The van der Waals surface area contributed by atoms with E-state index in [1.807, 2.05) is 24.3 Å². The van der Waals surface area contributed by atoms with Gasteiger partial charge in [-0.05, 0) is 85.9 Å². The Balaban J connectivity index is 0.000000339. The molecule has 0 spiro atoms. The van der Waals surface area contributed by atoms with Crippen molar-refractivity contribution in [1.29, 1.82) is 5.26 Å². The van der Waals surface area contributed by atoms with Crippen LogP contribution in [-0.4, -0.2) is 13.1 Å². The van der Waals surface area contributed by atoms with E-state index in [0.29, 0.717) is 23.6 Å². The van der Waals surface area contributed by atoms with E-state index in [2.05, 4.69) is 11.4 Å². The fourth-order valence-corrected chi connectivity index (χ4v) is 2.73. The number of anilines is 1. The molecule has 2 aliphatic carbocycles. The lowest BCUT2D eigenvalue weighted by Crippen LogP contribution is -2.05. The average Bonchev–Trinajstić information content (AvgIpc) is 3.57. The van der Waals surface area contributed by atoms with E-state index in [-0.39, 0.29) is 5.82 Å². The first kappa shape index (κ1) is 18.4. The van der Waals surface area contributed by atoms with Gasteiger partial charge in [0.1, 0.15) is 5.82 Å². The Bertz CT molecular complexity index is 773. The highest BCUT2D eigenvalue weighted by Crippen LogP contribution is 2.29. The van der Waals surface area contributed by atoms with Crippen molar-refractivity contribution in [3.8, 4) is 6.07 Å². The third-order valence-electron chi connectivity index (χ3n) is 4.80. The zero-order valence-corrected chi connectivity index (χ0v) is 15.0. The second-order valence-corrected chi connectivity index (χ2v) is 7.31. The zero-order valence-electron chi connectivity index (χ0n) is 15.0. The largest absolute Gasteiger partial charge is 0.382 e. The maximum absolute atomic E-state index is 13.8. The molecule has 0 aliphatic heterocycles. The third-order valence-corrected chi connectivity index (χ3v) is 4.80. The van der Waals surface area contributed by atoms with Crippen LogP contribution in [-0.2, 0) is 6.42 Å². The second-order valence-electron chi connectivity index (χ2n) is 7.31. The topological polar surface area (TPSA) is 61.8 Å². The molecule has 2 aromatic carbocycles. The fraction of sp³-hybridized carbons (Fsp3) is 0.409. The van der Waals surface area contributed by atoms with Gasteiger partial charge in [0.2, 0.25) is 0 Å². The Morgan fingerprint density at radius 1 is 1.04 bits per heavy atom. The molecule has 2 aromatic rings. The minimum absolute atomic E-state index is 0.204. The summed E-state index contributed by atoms with van der Waals surface area (Å²) in [5.74, 6) is 1.42. The molecule has 0 bridgehead atoms. The SMILES string of the molecule is N#Cc1cccc(Cc2ccc(F)c(NCC3CC3)c2)c1.NCC1CC1. The number of hydrogen-bond donors (Lipinski definition) is 2. The number of nitrogens with one attached hydrogen (secondary N) is 1. The minimum Gasteiger partial charge on any atom is -0.382 e. The predicted octanol–water partition coefficient (Wildman–Crippen LogP) is 4.47. The number of benzene rings is 2. The third kappa shape index (κ3) is 5.86. The Hall–Kier alpha value is -2.38. The van der Waals surface area contributed by atoms with Gasteiger partial charge in [-0.15, -0.1) is 0 Å². The summed E-state index contributed by atoms with van der Waals surface area (Å²) in [7, 11) is 0. The second kappa shape index (κ2) is 8.82. The lowest BCUT2D eigenvalue weighted by atomic mass is 10.0. The highest BCUT2D eigenvalue weighted by atomic mass is 19.1. The Labute approximate surface area is 155 Å². The van der Waals surface area contributed by atoms with Crippen molar-refractivity contribution in [2.24, 2.45) is 17.6 Å². The van der Waals surface area contributed by atoms with Crippen LogP contribution >= 0.6 is 0 Å². The van der Waals surface area contributed by atoms with Crippen molar-refractivity contribution in [3.05, 3.63) is 65.0 Å². The van der Waals surface area contributed by atoms with E-state index in [4.69, 9.17) is 11.0 Å². The van der Waals surface area contributed by atoms with Gasteiger partial charge < -0.3 is 11.1 Å². The molecule has 3 nitrogen and oxygen atoms in total. The molecule has 2 saturated carbocycles. The quantitative estimate of drug-likeness (QED) is 0.807. The number of nitrogens with zero attached hydrogens (tertiary/aromatic N) is 1. The summed E-state index contributed by atoms with van der Waals surface area (Å²) < 4.78 is 13.8. The van der Waals surface area contributed by atoms with Crippen LogP contribution in [0.25, 0.3) is 0 Å². The van der Waals surface area contributed by atoms with Crippen LogP contribution in [0.1, 0.15) is 42.4 Å². The van der Waals surface area contributed by atoms with Crippen molar-refractivity contribution in [3.63, 3.8) is 0 Å². The molecule has 136 valence electrons. The van der Waals surface area contributed by atoms with Gasteiger partial charge in [-0.3, -0.25) is 0 Å². The lowest BCUT2D eigenvalue weighted by Gasteiger charge is -2.09. The molecule has 4 heteroatoms. The molecule has 0 amide bonds. The van der Waals surface area contributed by atoms with Gasteiger partial charge >= 0.3 is 0 Å². The first-order chi connectivity index (χ1) is 12.7. The molecule has 0 unspecified atom stereocenters. The number of rotatable bonds is 6. The Morgan fingerprint density at radius 2 is 1.77 bits per heavy atom. The molecule has 0 heterocycles. The van der Waals surface area contributed by atoms with Crippen molar-refractivity contribution >= 4 is 5.69 Å². The van der Waals surface area contributed by atoms with E-state index < -0.39 is 0 Å². The van der Waals surface area contributed by atoms with Crippen LogP contribution < -0.4 is 11.1 Å². The summed E-state index contributed by atoms with van der Waals surface area (Å²) in [6.07, 6.45) is 5.96. The lowest BCUT2D eigenvalue weighted by molar-refractivity contribution is 0.628. The van der Waals surface area contributed by atoms with Gasteiger partial charge in [0.15, 0.2) is 0 Å². The van der Waals surface area contributed by atoms with E-state index in [0.717, 1.165) is 30.1 Å². The molecular weight excluding hydrogens is 325 g/mol. The van der Waals surface area contributed by atoms with E-state index in [1.54, 1.807) is 12.1 Å². The summed E-state index contributed by atoms with van der Waals surface area (Å²) in [5, 5.41) is 12.1. The summed E-state index contributed by atoms with van der Waals surface area (Å²) in [6.45, 7) is 1.77. The molecule has 2 aliphatic rings. The first-order valence-corrected chi connectivity index (χ1v) is 9.39. The summed E-state index contributed by atoms with van der Waals surface area (Å²) in [4.78, 5) is 0. The van der Waals surface area contributed by atoms with E-state index in [1.165, 1.54) is 31.7 Å². The molecule has 0 radical (unpaired) electrons. The van der Waals surface area contributed by atoms with Gasteiger partial charge in [0.25, 0.3) is 0 Å². The van der Waals surface area contributed by atoms with Crippen LogP contribution in [0.15, 0.2) is 42.5 Å². The average molecular weight is 351 g/mol. The van der Waals surface area contributed by atoms with Crippen LogP contribution in [0.2, 0.25) is 0 Å². The predicted molar refractivity (Wildman–Crippen MR) is 103 cm³/mol. The van der Waals surface area contributed by atoms with Crippen LogP contribution in [0.5, 0.6) is 0 Å². The Kier molecular flexibility index (Phi) is 6.25. The summed E-state index contributed by atoms with van der Waals surface area (Å²) >= 11 is 0. The van der Waals surface area contributed by atoms with Crippen molar-refractivity contribution in [2.45, 2.75) is 32.1 Å². The maximum Gasteiger partial charge on any atom is 0.146 e. The fourth-order valence-electron chi connectivity index (χ4n) is 2.73. The smallest absolute Gasteiger partial charge is 0.146 e. The molecule has 0 atom stereocenters. The van der Waals surface area contributed by atoms with Crippen LogP contribution in [0.4, 0.5) is 10.1 Å². The maximum atomic E-state index is 13.8. The standard InChI is InChI=1S/C18H17FN2.C4H9N/c19-17-7-6-15(10-18(17)21-12-13-4-5-13)8-14-2-1-3-16(9-14)11-20;5-3-4-1-2-4/h1-3,6-7,9-10,13,21H,4-5,8,12H2;4H,1-3,5H2. The molecule has 0 aromatic heterocycles. The highest BCUT2D eigenvalue weighted by molar-refractivity contribution is 5.48. The normalized spacial score (nSPS) is 15.6. The number of halogens is 1. The van der Waals surface area contributed by atoms with E-state index in [9.17, 15) is 4.39 Å². The van der Waals surface area contributed by atoms with Gasteiger partial charge in [-0.2, -0.15) is 5.26 Å². The first-order valence-electron chi connectivity index (χ1n) is 9.39. The van der Waals surface area contributed by atoms with Gasteiger partial charge in [0, 0.05) is 6.54 Å². The molecule has 0 saturated heterocycles. The van der Waals surface area contributed by atoms with Crippen LogP contribution in [0.3, 0.4) is 0 Å². The van der Waals surface area contributed by atoms with Gasteiger partial charge in [-0.1, -0.05) is 18.2 Å². The summed E-state index contributed by atoms with van der Waals surface area (Å²) in [6, 6.07) is 14.9. The van der Waals surface area contributed by atoms with Crippen molar-refractivity contribution < 1.29 is 4.39 Å². The minimum atomic E-state index is -0.204. The highest BCUT2D eigenvalue weighted by Gasteiger charge is 2.21. The van der Waals surface area contributed by atoms with Gasteiger partial charge in [-0.25, -0.2) is 4.39 Å². The van der Waals surface area contributed by atoms with Gasteiger partial charge in [0.05, 0.1) is 17.3 Å². The van der Waals surface area contributed by atoms with Crippen molar-refractivity contribution in [2.75, 3.05) is 18.4 Å².